The first-order valence-electron chi connectivity index (χ1n) is 10.4. The first-order valence-corrected chi connectivity index (χ1v) is 12.6. The lowest BCUT2D eigenvalue weighted by Gasteiger charge is -2.24. The molecule has 0 bridgehead atoms. The molecule has 0 atom stereocenters. The molecule has 0 aliphatic rings. The van der Waals surface area contributed by atoms with Crippen LogP contribution in [0.5, 0.6) is 11.5 Å². The summed E-state index contributed by atoms with van der Waals surface area (Å²) in [5.41, 5.74) is 0.812. The minimum absolute atomic E-state index is 0.0714. The smallest absolute Gasteiger partial charge is 0.264 e. The van der Waals surface area contributed by atoms with Crippen LogP contribution >= 0.6 is 15.9 Å². The van der Waals surface area contributed by atoms with Crippen LogP contribution in [0, 0.1) is 0 Å². The standard InChI is InChI=1S/C24H25BrN2O5S/c1-3-31-20-13-11-19(12-14-20)27(33(29,30)21-15-9-18(25)10-16-21)17-24(28)26-22-7-5-6-8-23(22)32-4-2/h5-16H,3-4,17H2,1-2H3,(H,26,28). The Morgan fingerprint density at radius 1 is 0.909 bits per heavy atom. The fourth-order valence-corrected chi connectivity index (χ4v) is 4.78. The Bertz CT molecular complexity index is 1180. The van der Waals surface area contributed by atoms with Gasteiger partial charge in [0.05, 0.1) is 29.5 Å². The van der Waals surface area contributed by atoms with E-state index >= 15 is 0 Å². The van der Waals surface area contributed by atoms with Gasteiger partial charge in [0.15, 0.2) is 0 Å². The summed E-state index contributed by atoms with van der Waals surface area (Å²) in [6.07, 6.45) is 0. The van der Waals surface area contributed by atoms with Crippen molar-refractivity contribution in [2.24, 2.45) is 0 Å². The SMILES string of the molecule is CCOc1ccc(N(CC(=O)Nc2ccccc2OCC)S(=O)(=O)c2ccc(Br)cc2)cc1. The number of nitrogens with zero attached hydrogens (tertiary/aromatic N) is 1. The summed E-state index contributed by atoms with van der Waals surface area (Å²) >= 11 is 3.32. The molecule has 0 aromatic heterocycles. The van der Waals surface area contributed by atoms with E-state index in [2.05, 4.69) is 21.2 Å². The molecule has 1 N–H and O–H groups in total. The number of halogens is 1. The molecule has 7 nitrogen and oxygen atoms in total. The van der Waals surface area contributed by atoms with E-state index in [1.54, 1.807) is 60.7 Å². The zero-order valence-corrected chi connectivity index (χ0v) is 20.7. The highest BCUT2D eigenvalue weighted by Gasteiger charge is 2.27. The quantitative estimate of drug-likeness (QED) is 0.393. The minimum Gasteiger partial charge on any atom is -0.494 e. The predicted octanol–water partition coefficient (Wildman–Crippen LogP) is 5.08. The molecule has 0 radical (unpaired) electrons. The second-order valence-corrected chi connectivity index (χ2v) is 9.65. The molecule has 3 aromatic rings. The maximum absolute atomic E-state index is 13.5. The van der Waals surface area contributed by atoms with Gasteiger partial charge in [-0.3, -0.25) is 9.10 Å². The Labute approximate surface area is 202 Å². The second kappa shape index (κ2) is 11.2. The van der Waals surface area contributed by atoms with Crippen LogP contribution in [0.15, 0.2) is 82.2 Å². The Kier molecular flexibility index (Phi) is 8.35. The summed E-state index contributed by atoms with van der Waals surface area (Å²) in [4.78, 5) is 13.0. The van der Waals surface area contributed by atoms with Crippen LogP contribution < -0.4 is 19.1 Å². The van der Waals surface area contributed by atoms with Crippen LogP contribution in [0.3, 0.4) is 0 Å². The van der Waals surface area contributed by atoms with Gasteiger partial charge in [0, 0.05) is 4.47 Å². The van der Waals surface area contributed by atoms with Crippen molar-refractivity contribution >= 4 is 43.2 Å². The summed E-state index contributed by atoms with van der Waals surface area (Å²) < 4.78 is 39.8. The maximum Gasteiger partial charge on any atom is 0.264 e. The van der Waals surface area contributed by atoms with E-state index in [4.69, 9.17) is 9.47 Å². The first kappa shape index (κ1) is 24.6. The van der Waals surface area contributed by atoms with Gasteiger partial charge in [-0.1, -0.05) is 28.1 Å². The summed E-state index contributed by atoms with van der Waals surface area (Å²) in [6, 6.07) is 19.8. The molecule has 3 aromatic carbocycles. The Morgan fingerprint density at radius 2 is 1.55 bits per heavy atom. The van der Waals surface area contributed by atoms with Crippen molar-refractivity contribution in [1.29, 1.82) is 0 Å². The van der Waals surface area contributed by atoms with E-state index in [-0.39, 0.29) is 4.90 Å². The minimum atomic E-state index is -4.02. The number of carbonyl (C=O) groups is 1. The van der Waals surface area contributed by atoms with Gasteiger partial charge in [0.25, 0.3) is 10.0 Å². The summed E-state index contributed by atoms with van der Waals surface area (Å²) in [5.74, 6) is 0.616. The number of amides is 1. The molecule has 33 heavy (non-hydrogen) atoms. The molecule has 0 heterocycles. The molecule has 1 amide bonds. The number of nitrogens with one attached hydrogen (secondary N) is 1. The summed E-state index contributed by atoms with van der Waals surface area (Å²) in [7, 11) is -4.02. The molecule has 9 heteroatoms. The van der Waals surface area contributed by atoms with Gasteiger partial charge in [0.2, 0.25) is 5.91 Å². The molecule has 174 valence electrons. The molecule has 0 spiro atoms. The summed E-state index contributed by atoms with van der Waals surface area (Å²) in [5, 5.41) is 2.76. The third-order valence-electron chi connectivity index (χ3n) is 4.59. The third kappa shape index (κ3) is 6.27. The van der Waals surface area contributed by atoms with Crippen LogP contribution in [-0.4, -0.2) is 34.1 Å². The van der Waals surface area contributed by atoms with Crippen molar-refractivity contribution in [3.8, 4) is 11.5 Å². The normalized spacial score (nSPS) is 11.0. The molecule has 0 aliphatic carbocycles. The van der Waals surface area contributed by atoms with E-state index in [0.717, 1.165) is 8.78 Å². The van der Waals surface area contributed by atoms with Crippen molar-refractivity contribution in [1.82, 2.24) is 0 Å². The highest BCUT2D eigenvalue weighted by atomic mass is 79.9. The first-order chi connectivity index (χ1) is 15.8. The van der Waals surface area contributed by atoms with E-state index in [1.165, 1.54) is 12.1 Å². The Hall–Kier alpha value is -3.04. The van der Waals surface area contributed by atoms with Crippen molar-refractivity contribution in [3.05, 3.63) is 77.3 Å². The van der Waals surface area contributed by atoms with Gasteiger partial charge in [0.1, 0.15) is 18.0 Å². The van der Waals surface area contributed by atoms with E-state index in [1.807, 2.05) is 13.8 Å². The molecule has 0 fully saturated rings. The molecule has 3 rings (SSSR count). The molecular formula is C24H25BrN2O5S. The number of carbonyl (C=O) groups excluding carboxylic acids is 1. The zero-order chi connectivity index (χ0) is 23.8. The molecule has 0 saturated heterocycles. The second-order valence-electron chi connectivity index (χ2n) is 6.87. The molecule has 0 unspecified atom stereocenters. The average Bonchev–Trinajstić information content (AvgIpc) is 2.80. The van der Waals surface area contributed by atoms with Crippen LogP contribution in [0.25, 0.3) is 0 Å². The maximum atomic E-state index is 13.5. The summed E-state index contributed by atoms with van der Waals surface area (Å²) in [6.45, 7) is 4.21. The van der Waals surface area contributed by atoms with E-state index in [9.17, 15) is 13.2 Å². The zero-order valence-electron chi connectivity index (χ0n) is 18.3. The number of para-hydroxylation sites is 2. The van der Waals surface area contributed by atoms with Crippen LogP contribution in [0.2, 0.25) is 0 Å². The largest absolute Gasteiger partial charge is 0.494 e. The fraction of sp³-hybridized carbons (Fsp3) is 0.208. The lowest BCUT2D eigenvalue weighted by molar-refractivity contribution is -0.114. The van der Waals surface area contributed by atoms with Gasteiger partial charge < -0.3 is 14.8 Å². The number of anilines is 2. The van der Waals surface area contributed by atoms with Crippen molar-refractivity contribution < 1.29 is 22.7 Å². The highest BCUT2D eigenvalue weighted by molar-refractivity contribution is 9.10. The highest BCUT2D eigenvalue weighted by Crippen LogP contribution is 2.28. The van der Waals surface area contributed by atoms with Crippen molar-refractivity contribution in [3.63, 3.8) is 0 Å². The van der Waals surface area contributed by atoms with Crippen LogP contribution in [-0.2, 0) is 14.8 Å². The number of rotatable bonds is 10. The number of ether oxygens (including phenoxy) is 2. The number of hydrogen-bond acceptors (Lipinski definition) is 5. The van der Waals surface area contributed by atoms with Gasteiger partial charge in [-0.2, -0.15) is 0 Å². The lowest BCUT2D eigenvalue weighted by atomic mass is 10.3. The van der Waals surface area contributed by atoms with Crippen LogP contribution in [0.4, 0.5) is 11.4 Å². The number of benzene rings is 3. The molecular weight excluding hydrogens is 508 g/mol. The van der Waals surface area contributed by atoms with E-state index in [0.29, 0.717) is 36.1 Å². The van der Waals surface area contributed by atoms with Crippen molar-refractivity contribution in [2.75, 3.05) is 29.4 Å². The Balaban J connectivity index is 1.93. The molecule has 0 aliphatic heterocycles. The van der Waals surface area contributed by atoms with E-state index < -0.39 is 22.5 Å². The number of hydrogen-bond donors (Lipinski definition) is 1. The predicted molar refractivity (Wildman–Crippen MR) is 133 cm³/mol. The van der Waals surface area contributed by atoms with Gasteiger partial charge >= 0.3 is 0 Å². The van der Waals surface area contributed by atoms with Gasteiger partial charge in [-0.25, -0.2) is 8.42 Å². The Morgan fingerprint density at radius 3 is 2.18 bits per heavy atom. The monoisotopic (exact) mass is 532 g/mol. The van der Waals surface area contributed by atoms with Crippen molar-refractivity contribution in [2.45, 2.75) is 18.7 Å². The van der Waals surface area contributed by atoms with Gasteiger partial charge in [-0.05, 0) is 74.5 Å². The molecule has 0 saturated carbocycles. The van der Waals surface area contributed by atoms with Gasteiger partial charge in [-0.15, -0.1) is 0 Å². The average molecular weight is 533 g/mol. The number of sulfonamides is 1. The van der Waals surface area contributed by atoms with Crippen LogP contribution in [0.1, 0.15) is 13.8 Å². The lowest BCUT2D eigenvalue weighted by Crippen LogP contribution is -2.38. The topological polar surface area (TPSA) is 84.9 Å². The fourth-order valence-electron chi connectivity index (χ4n) is 3.10. The third-order valence-corrected chi connectivity index (χ3v) is 6.90.